The Bertz CT molecular complexity index is 865. The number of aryl methyl sites for hydroxylation is 1. The molecular weight excluding hydrogens is 404 g/mol. The minimum Gasteiger partial charge on any atom is -0.325 e. The number of carbonyl (C=O) groups excluding carboxylic acids is 1. The Labute approximate surface area is 156 Å². The van der Waals surface area contributed by atoms with Crippen molar-refractivity contribution >= 4 is 43.6 Å². The summed E-state index contributed by atoms with van der Waals surface area (Å²) in [6.07, 6.45) is 1.55. The fourth-order valence-corrected chi connectivity index (χ4v) is 3.43. The smallest absolute Gasteiger partial charge is 0.233 e. The summed E-state index contributed by atoms with van der Waals surface area (Å²) in [5.41, 5.74) is 2.51. The molecule has 2 aromatic rings. The number of benzene rings is 2. The van der Waals surface area contributed by atoms with Gasteiger partial charge < -0.3 is 5.32 Å². The molecule has 0 fully saturated rings. The highest BCUT2D eigenvalue weighted by Crippen LogP contribution is 2.23. The highest BCUT2D eigenvalue weighted by atomic mass is 79.9. The second-order valence-electron chi connectivity index (χ2n) is 5.43. The monoisotopic (exact) mass is 422 g/mol. The largest absolute Gasteiger partial charge is 0.325 e. The fourth-order valence-electron chi connectivity index (χ4n) is 2.02. The highest BCUT2D eigenvalue weighted by molar-refractivity contribution is 9.10. The van der Waals surface area contributed by atoms with E-state index in [1.165, 1.54) is 6.08 Å². The summed E-state index contributed by atoms with van der Waals surface area (Å²) in [5, 5.41) is 3.84. The normalized spacial score (nSPS) is 11.6. The van der Waals surface area contributed by atoms with Gasteiger partial charge in [-0.2, -0.15) is 0 Å². The van der Waals surface area contributed by atoms with Crippen LogP contribution in [-0.2, 0) is 14.8 Å². The molecule has 0 saturated heterocycles. The van der Waals surface area contributed by atoms with E-state index in [-0.39, 0.29) is 18.9 Å². The van der Waals surface area contributed by atoms with E-state index in [0.717, 1.165) is 21.0 Å². The van der Waals surface area contributed by atoms with Crippen LogP contribution in [0.2, 0.25) is 0 Å². The molecule has 132 valence electrons. The molecule has 2 aromatic carbocycles. The van der Waals surface area contributed by atoms with E-state index in [4.69, 9.17) is 0 Å². The average Bonchev–Trinajstić information content (AvgIpc) is 2.56. The summed E-state index contributed by atoms with van der Waals surface area (Å²) in [7, 11) is -3.58. The van der Waals surface area contributed by atoms with Crippen molar-refractivity contribution in [3.8, 4) is 0 Å². The Morgan fingerprint density at radius 3 is 2.56 bits per heavy atom. The molecule has 0 aromatic heterocycles. The van der Waals surface area contributed by atoms with Gasteiger partial charge in [-0.15, -0.1) is 0 Å². The Morgan fingerprint density at radius 2 is 1.88 bits per heavy atom. The summed E-state index contributed by atoms with van der Waals surface area (Å²) in [4.78, 5) is 11.9. The van der Waals surface area contributed by atoms with Gasteiger partial charge in [0, 0.05) is 22.8 Å². The number of hydrogen-bond acceptors (Lipinski definition) is 3. The van der Waals surface area contributed by atoms with Gasteiger partial charge in [-0.1, -0.05) is 36.4 Å². The van der Waals surface area contributed by atoms with Crippen molar-refractivity contribution in [2.24, 2.45) is 0 Å². The number of carbonyl (C=O) groups is 1. The van der Waals surface area contributed by atoms with Gasteiger partial charge in [0.05, 0.1) is 5.69 Å². The van der Waals surface area contributed by atoms with E-state index >= 15 is 0 Å². The maximum Gasteiger partial charge on any atom is 0.233 e. The lowest BCUT2D eigenvalue weighted by molar-refractivity contribution is -0.116. The lowest BCUT2D eigenvalue weighted by atomic mass is 10.2. The third kappa shape index (κ3) is 6.81. The van der Waals surface area contributed by atoms with Crippen molar-refractivity contribution in [3.63, 3.8) is 0 Å². The predicted molar refractivity (Wildman–Crippen MR) is 105 cm³/mol. The zero-order valence-electron chi connectivity index (χ0n) is 13.7. The minimum absolute atomic E-state index is 0.0246. The molecule has 5 nitrogen and oxygen atoms in total. The number of rotatable bonds is 7. The summed E-state index contributed by atoms with van der Waals surface area (Å²) in [6.45, 7) is 1.98. The van der Waals surface area contributed by atoms with Crippen LogP contribution in [0.5, 0.6) is 0 Å². The van der Waals surface area contributed by atoms with Crippen molar-refractivity contribution in [3.05, 3.63) is 69.5 Å². The number of sulfonamides is 1. The molecule has 0 spiro atoms. The Hall–Kier alpha value is -1.96. The predicted octanol–water partition coefficient (Wildman–Crippen LogP) is 3.68. The number of amides is 1. The molecule has 0 saturated carbocycles. The number of nitrogens with one attached hydrogen (secondary N) is 2. The van der Waals surface area contributed by atoms with Crippen LogP contribution in [0.25, 0.3) is 6.08 Å². The third-order valence-electron chi connectivity index (χ3n) is 3.29. The van der Waals surface area contributed by atoms with Crippen LogP contribution < -0.4 is 10.0 Å². The molecule has 0 heterocycles. The average molecular weight is 423 g/mol. The zero-order chi connectivity index (χ0) is 18.3. The standard InChI is InChI=1S/C18H19BrN2O3S/c1-14-7-8-17(16(19)13-14)21-18(22)9-11-20-25(23,24)12-10-15-5-3-2-4-6-15/h2-8,10,12-13,20H,9,11H2,1H3,(H,21,22)/b12-10+. The van der Waals surface area contributed by atoms with Gasteiger partial charge in [0.15, 0.2) is 0 Å². The second-order valence-corrected chi connectivity index (χ2v) is 7.94. The van der Waals surface area contributed by atoms with Crippen molar-refractivity contribution in [1.29, 1.82) is 0 Å². The quantitative estimate of drug-likeness (QED) is 0.714. The SMILES string of the molecule is Cc1ccc(NC(=O)CCNS(=O)(=O)/C=C/c2ccccc2)c(Br)c1. The van der Waals surface area contributed by atoms with Crippen LogP contribution >= 0.6 is 15.9 Å². The summed E-state index contributed by atoms with van der Waals surface area (Å²) in [6, 6.07) is 14.7. The number of hydrogen-bond donors (Lipinski definition) is 2. The third-order valence-corrected chi connectivity index (χ3v) is 5.05. The van der Waals surface area contributed by atoms with Crippen molar-refractivity contribution in [1.82, 2.24) is 4.72 Å². The van der Waals surface area contributed by atoms with E-state index in [1.807, 2.05) is 37.3 Å². The Balaban J connectivity index is 1.82. The first-order chi connectivity index (χ1) is 11.9. The lowest BCUT2D eigenvalue weighted by Crippen LogP contribution is -2.26. The lowest BCUT2D eigenvalue weighted by Gasteiger charge is -2.08. The first kappa shape index (κ1) is 19.4. The summed E-state index contributed by atoms with van der Waals surface area (Å²) in [5.74, 6) is -0.265. The molecular formula is C18H19BrN2O3S. The first-order valence-electron chi connectivity index (χ1n) is 7.64. The van der Waals surface area contributed by atoms with Crippen LogP contribution in [0.4, 0.5) is 5.69 Å². The summed E-state index contributed by atoms with van der Waals surface area (Å²) < 4.78 is 27.0. The minimum atomic E-state index is -3.58. The van der Waals surface area contributed by atoms with Crippen molar-refractivity contribution in [2.75, 3.05) is 11.9 Å². The van der Waals surface area contributed by atoms with E-state index < -0.39 is 10.0 Å². The Morgan fingerprint density at radius 1 is 1.16 bits per heavy atom. The molecule has 0 radical (unpaired) electrons. The van der Waals surface area contributed by atoms with Crippen LogP contribution in [0.1, 0.15) is 17.5 Å². The van der Waals surface area contributed by atoms with Crippen LogP contribution in [0, 0.1) is 6.92 Å². The zero-order valence-corrected chi connectivity index (χ0v) is 16.1. The van der Waals surface area contributed by atoms with Crippen molar-refractivity contribution in [2.45, 2.75) is 13.3 Å². The van der Waals surface area contributed by atoms with Gasteiger partial charge in [-0.25, -0.2) is 13.1 Å². The topological polar surface area (TPSA) is 75.3 Å². The number of anilines is 1. The van der Waals surface area contributed by atoms with E-state index in [9.17, 15) is 13.2 Å². The highest BCUT2D eigenvalue weighted by Gasteiger charge is 2.09. The van der Waals surface area contributed by atoms with Gasteiger partial charge in [0.25, 0.3) is 0 Å². The molecule has 2 N–H and O–H groups in total. The molecule has 25 heavy (non-hydrogen) atoms. The number of halogens is 1. The molecule has 1 amide bonds. The molecule has 0 bridgehead atoms. The molecule has 2 rings (SSSR count). The second kappa shape index (κ2) is 8.94. The van der Waals surface area contributed by atoms with Gasteiger partial charge in [-0.3, -0.25) is 4.79 Å². The molecule has 0 aliphatic carbocycles. The van der Waals surface area contributed by atoms with Gasteiger partial charge in [0.2, 0.25) is 15.9 Å². The van der Waals surface area contributed by atoms with Crippen LogP contribution in [-0.4, -0.2) is 20.9 Å². The first-order valence-corrected chi connectivity index (χ1v) is 9.98. The molecule has 0 aliphatic heterocycles. The van der Waals surface area contributed by atoms with Crippen LogP contribution in [0.15, 0.2) is 58.4 Å². The summed E-state index contributed by atoms with van der Waals surface area (Å²) >= 11 is 3.38. The molecule has 0 aliphatic rings. The van der Waals surface area contributed by atoms with Gasteiger partial charge in [-0.05, 0) is 52.2 Å². The van der Waals surface area contributed by atoms with E-state index in [1.54, 1.807) is 18.2 Å². The Kier molecular flexibility index (Phi) is 6.92. The van der Waals surface area contributed by atoms with Gasteiger partial charge >= 0.3 is 0 Å². The molecule has 0 unspecified atom stereocenters. The maximum absolute atomic E-state index is 11.9. The fraction of sp³-hybridized carbons (Fsp3) is 0.167. The van der Waals surface area contributed by atoms with Gasteiger partial charge in [0.1, 0.15) is 0 Å². The van der Waals surface area contributed by atoms with E-state index in [2.05, 4.69) is 26.0 Å². The molecule has 7 heteroatoms. The van der Waals surface area contributed by atoms with Crippen molar-refractivity contribution < 1.29 is 13.2 Å². The molecule has 0 atom stereocenters. The maximum atomic E-state index is 11.9. The van der Waals surface area contributed by atoms with Crippen LogP contribution in [0.3, 0.4) is 0 Å². The van der Waals surface area contributed by atoms with E-state index in [0.29, 0.717) is 5.69 Å².